The second-order valence-corrected chi connectivity index (χ2v) is 4.34. The van der Waals surface area contributed by atoms with Crippen molar-refractivity contribution in [3.63, 3.8) is 0 Å². The highest BCUT2D eigenvalue weighted by Gasteiger charge is 2.22. The van der Waals surface area contributed by atoms with Crippen LogP contribution in [0.15, 0.2) is 17.2 Å². The van der Waals surface area contributed by atoms with E-state index in [0.29, 0.717) is 18.2 Å². The number of primary amides is 1. The maximum Gasteiger partial charge on any atom is 0.290 e. The topological polar surface area (TPSA) is 92.1 Å². The highest BCUT2D eigenvalue weighted by atomic mass is 16.1. The van der Waals surface area contributed by atoms with Crippen LogP contribution in [0.3, 0.4) is 0 Å². The van der Waals surface area contributed by atoms with Gasteiger partial charge in [0.1, 0.15) is 0 Å². The van der Waals surface area contributed by atoms with E-state index in [1.165, 1.54) is 6.20 Å². The average molecular weight is 236 g/mol. The van der Waals surface area contributed by atoms with Crippen molar-refractivity contribution in [1.29, 1.82) is 0 Å². The lowest BCUT2D eigenvalue weighted by Gasteiger charge is -2.31. The normalized spacial score (nSPS) is 17.1. The number of aromatic nitrogens is 2. The molecule has 92 valence electrons. The van der Waals surface area contributed by atoms with Gasteiger partial charge in [0.15, 0.2) is 5.82 Å². The van der Waals surface area contributed by atoms with E-state index in [0.717, 1.165) is 25.9 Å². The second kappa shape index (κ2) is 4.99. The Morgan fingerprint density at radius 2 is 2.24 bits per heavy atom. The maximum atomic E-state index is 11.5. The summed E-state index contributed by atoms with van der Waals surface area (Å²) in [6.07, 6.45) is 5.28. The number of nitrogens with zero attached hydrogens (tertiary/aromatic N) is 2. The van der Waals surface area contributed by atoms with Crippen LogP contribution in [0.5, 0.6) is 0 Å². The molecular weight excluding hydrogens is 220 g/mol. The number of rotatable bonds is 3. The summed E-state index contributed by atoms with van der Waals surface area (Å²) in [4.78, 5) is 31.0. The standard InChI is InChI=1S/C11H16N4O2/c12-9(16)7-8-1-5-15(6-2-8)10-11(17)14-4-3-13-10/h3-4,8H,1-2,5-7H2,(H2,12,16)(H,14,17). The van der Waals surface area contributed by atoms with E-state index in [2.05, 4.69) is 9.97 Å². The molecule has 1 fully saturated rings. The lowest BCUT2D eigenvalue weighted by atomic mass is 9.93. The zero-order valence-corrected chi connectivity index (χ0v) is 9.56. The molecule has 6 nitrogen and oxygen atoms in total. The molecule has 1 aliphatic rings. The maximum absolute atomic E-state index is 11.5. The zero-order chi connectivity index (χ0) is 12.3. The van der Waals surface area contributed by atoms with Crippen LogP contribution in [-0.4, -0.2) is 29.0 Å². The third kappa shape index (κ3) is 2.83. The van der Waals surface area contributed by atoms with Gasteiger partial charge in [-0.2, -0.15) is 0 Å². The molecule has 0 radical (unpaired) electrons. The predicted molar refractivity (Wildman–Crippen MR) is 63.6 cm³/mol. The van der Waals surface area contributed by atoms with Crippen LogP contribution in [0.2, 0.25) is 0 Å². The molecule has 1 aromatic heterocycles. The van der Waals surface area contributed by atoms with Gasteiger partial charge in [0.2, 0.25) is 5.91 Å². The Balaban J connectivity index is 1.98. The summed E-state index contributed by atoms with van der Waals surface area (Å²) >= 11 is 0. The minimum atomic E-state index is -0.251. The molecular formula is C11H16N4O2. The molecule has 0 atom stereocenters. The number of hydrogen-bond donors (Lipinski definition) is 2. The molecule has 1 aliphatic heterocycles. The second-order valence-electron chi connectivity index (χ2n) is 4.34. The van der Waals surface area contributed by atoms with Gasteiger partial charge in [-0.3, -0.25) is 9.59 Å². The van der Waals surface area contributed by atoms with Crippen LogP contribution in [0.25, 0.3) is 0 Å². The predicted octanol–water partition coefficient (Wildman–Crippen LogP) is -0.138. The number of H-pyrrole nitrogens is 1. The molecule has 0 aliphatic carbocycles. The molecule has 0 spiro atoms. The van der Waals surface area contributed by atoms with Gasteiger partial charge in [-0.15, -0.1) is 0 Å². The Labute approximate surface area is 98.8 Å². The minimum Gasteiger partial charge on any atom is -0.370 e. The van der Waals surface area contributed by atoms with Crippen molar-refractivity contribution in [1.82, 2.24) is 9.97 Å². The van der Waals surface area contributed by atoms with Gasteiger partial charge in [0.25, 0.3) is 5.56 Å². The first-order valence-electron chi connectivity index (χ1n) is 5.74. The number of anilines is 1. The quantitative estimate of drug-likeness (QED) is 0.764. The van der Waals surface area contributed by atoms with E-state index >= 15 is 0 Å². The van der Waals surface area contributed by atoms with E-state index in [1.807, 2.05) is 4.90 Å². The average Bonchev–Trinajstić information content (AvgIpc) is 2.30. The molecule has 0 saturated carbocycles. The number of carbonyl (C=O) groups excluding carboxylic acids is 1. The number of carbonyl (C=O) groups is 1. The first kappa shape index (κ1) is 11.6. The van der Waals surface area contributed by atoms with Crippen molar-refractivity contribution < 1.29 is 4.79 Å². The van der Waals surface area contributed by atoms with Crippen LogP contribution in [0.1, 0.15) is 19.3 Å². The van der Waals surface area contributed by atoms with Gasteiger partial charge in [0, 0.05) is 31.9 Å². The number of nitrogens with one attached hydrogen (secondary N) is 1. The molecule has 2 heterocycles. The first-order valence-corrected chi connectivity index (χ1v) is 5.74. The zero-order valence-electron chi connectivity index (χ0n) is 9.56. The van der Waals surface area contributed by atoms with E-state index in [1.54, 1.807) is 6.20 Å². The number of piperidine rings is 1. The van der Waals surface area contributed by atoms with Crippen LogP contribution in [0, 0.1) is 5.92 Å². The van der Waals surface area contributed by atoms with E-state index in [9.17, 15) is 9.59 Å². The van der Waals surface area contributed by atoms with Crippen molar-refractivity contribution in [3.8, 4) is 0 Å². The summed E-state index contributed by atoms with van der Waals surface area (Å²) in [5, 5.41) is 0. The van der Waals surface area contributed by atoms with Gasteiger partial charge in [-0.05, 0) is 18.8 Å². The summed E-state index contributed by atoms with van der Waals surface area (Å²) in [5.41, 5.74) is 5.01. The van der Waals surface area contributed by atoms with E-state index < -0.39 is 0 Å². The van der Waals surface area contributed by atoms with Crippen LogP contribution in [0.4, 0.5) is 5.82 Å². The fourth-order valence-electron chi connectivity index (χ4n) is 2.20. The van der Waals surface area contributed by atoms with Crippen LogP contribution in [-0.2, 0) is 4.79 Å². The van der Waals surface area contributed by atoms with Crippen LogP contribution >= 0.6 is 0 Å². The lowest BCUT2D eigenvalue weighted by molar-refractivity contribution is -0.119. The lowest BCUT2D eigenvalue weighted by Crippen LogP contribution is -2.38. The first-order chi connectivity index (χ1) is 8.16. The van der Waals surface area contributed by atoms with E-state index in [4.69, 9.17) is 5.73 Å². The SMILES string of the molecule is NC(=O)CC1CCN(c2ncc[nH]c2=O)CC1. The molecule has 1 aromatic rings. The summed E-state index contributed by atoms with van der Waals surface area (Å²) < 4.78 is 0. The van der Waals surface area contributed by atoms with E-state index in [-0.39, 0.29) is 11.5 Å². The molecule has 1 amide bonds. The molecule has 3 N–H and O–H groups in total. The molecule has 2 rings (SSSR count). The summed E-state index contributed by atoms with van der Waals surface area (Å²) in [5.74, 6) is 0.552. The Morgan fingerprint density at radius 1 is 1.53 bits per heavy atom. The largest absolute Gasteiger partial charge is 0.370 e. The van der Waals surface area contributed by atoms with Crippen molar-refractivity contribution in [2.45, 2.75) is 19.3 Å². The van der Waals surface area contributed by atoms with Crippen LogP contribution < -0.4 is 16.2 Å². The molecule has 0 aromatic carbocycles. The summed E-state index contributed by atoms with van der Waals surface area (Å²) in [6, 6.07) is 0. The van der Waals surface area contributed by atoms with Gasteiger partial charge in [-0.25, -0.2) is 4.98 Å². The molecule has 1 saturated heterocycles. The Bertz CT molecular complexity index is 449. The molecule has 0 bridgehead atoms. The van der Waals surface area contributed by atoms with Gasteiger partial charge < -0.3 is 15.6 Å². The third-order valence-electron chi connectivity index (χ3n) is 3.09. The van der Waals surface area contributed by atoms with Crippen molar-refractivity contribution in [2.24, 2.45) is 11.7 Å². The monoisotopic (exact) mass is 236 g/mol. The molecule has 17 heavy (non-hydrogen) atoms. The van der Waals surface area contributed by atoms with Gasteiger partial charge in [0.05, 0.1) is 0 Å². The van der Waals surface area contributed by atoms with Gasteiger partial charge in [-0.1, -0.05) is 0 Å². The van der Waals surface area contributed by atoms with Crippen molar-refractivity contribution in [3.05, 3.63) is 22.7 Å². The fourth-order valence-corrected chi connectivity index (χ4v) is 2.20. The highest BCUT2D eigenvalue weighted by Crippen LogP contribution is 2.21. The van der Waals surface area contributed by atoms with Crippen molar-refractivity contribution in [2.75, 3.05) is 18.0 Å². The smallest absolute Gasteiger partial charge is 0.290 e. The fraction of sp³-hybridized carbons (Fsp3) is 0.545. The number of amides is 1. The number of aromatic amines is 1. The Morgan fingerprint density at radius 3 is 2.82 bits per heavy atom. The number of hydrogen-bond acceptors (Lipinski definition) is 4. The Hall–Kier alpha value is -1.85. The third-order valence-corrected chi connectivity index (χ3v) is 3.09. The van der Waals surface area contributed by atoms with Gasteiger partial charge >= 0.3 is 0 Å². The number of nitrogens with two attached hydrogens (primary N) is 1. The summed E-state index contributed by atoms with van der Waals surface area (Å²) in [7, 11) is 0. The molecule has 6 heteroatoms. The molecule has 0 unspecified atom stereocenters. The minimum absolute atomic E-state index is 0.166. The summed E-state index contributed by atoms with van der Waals surface area (Å²) in [6.45, 7) is 1.50. The van der Waals surface area contributed by atoms with Crippen molar-refractivity contribution >= 4 is 11.7 Å². The highest BCUT2D eigenvalue weighted by molar-refractivity contribution is 5.74. The Kier molecular flexibility index (Phi) is 3.41.